The second-order valence-electron chi connectivity index (χ2n) is 23.2. The number of nitro groups is 1. The van der Waals surface area contributed by atoms with Crippen molar-refractivity contribution in [2.45, 2.75) is 114 Å². The van der Waals surface area contributed by atoms with E-state index in [1.165, 1.54) is 35.2 Å². The lowest BCUT2D eigenvalue weighted by Gasteiger charge is -2.35. The average molecular weight is 1440 g/mol. The lowest BCUT2D eigenvalue weighted by molar-refractivity contribution is -0.385. The van der Waals surface area contributed by atoms with Gasteiger partial charge in [-0.2, -0.15) is 4.37 Å². The molecular formula is C63H75Cl3FN8O17PS2. The number of para-hydroxylation sites is 3. The Kier molecular flexibility index (Phi) is 28.4. The molecule has 1 aromatic heterocycles. The number of aromatic nitrogens is 2. The molecule has 0 bridgehead atoms. The number of carboxylic acids is 1. The molecular weight excluding hydrogens is 1360 g/mol. The number of halogens is 4. The topological polar surface area (TPSA) is 348 Å². The number of fused-ring (bicyclic) bond motifs is 3. The number of terminal acetylenes is 1. The van der Waals surface area contributed by atoms with E-state index in [-0.39, 0.29) is 90.3 Å². The number of rotatable bonds is 17. The van der Waals surface area contributed by atoms with Gasteiger partial charge >= 0.3 is 5.97 Å². The van der Waals surface area contributed by atoms with Gasteiger partial charge in [0.2, 0.25) is 10.7 Å². The van der Waals surface area contributed by atoms with Gasteiger partial charge in [-0.1, -0.05) is 80.2 Å². The number of methoxy groups -OCH3 is 1. The number of anilines is 3. The van der Waals surface area contributed by atoms with Gasteiger partial charge in [-0.25, -0.2) is 17.8 Å². The van der Waals surface area contributed by atoms with E-state index in [4.69, 9.17) is 71.2 Å². The number of carboxylic acid groups (broad SMARTS) is 1. The zero-order chi connectivity index (χ0) is 71.0. The van der Waals surface area contributed by atoms with Gasteiger partial charge in [0.05, 0.1) is 57.7 Å². The first kappa shape index (κ1) is 78.2. The highest BCUT2D eigenvalue weighted by Gasteiger charge is 2.40. The van der Waals surface area contributed by atoms with E-state index in [2.05, 4.69) is 42.1 Å². The van der Waals surface area contributed by atoms with E-state index in [1.807, 2.05) is 61.7 Å². The number of nitro benzene ring substituents is 1. The molecule has 514 valence electrons. The van der Waals surface area contributed by atoms with Crippen LogP contribution in [0.4, 0.5) is 32.8 Å². The molecule has 3 aliphatic heterocycles. The largest absolute Gasteiger partial charge is 0.489 e. The third-order valence-electron chi connectivity index (χ3n) is 14.9. The van der Waals surface area contributed by atoms with Gasteiger partial charge in [0.15, 0.2) is 51.8 Å². The Hall–Kier alpha value is -7.45. The Balaban J connectivity index is 0.000000221. The lowest BCUT2D eigenvalue weighted by Crippen LogP contribution is -2.47. The summed E-state index contributed by atoms with van der Waals surface area (Å²) in [5, 5.41) is 19.4. The van der Waals surface area contributed by atoms with Gasteiger partial charge in [0, 0.05) is 75.7 Å². The molecule has 9 rings (SSSR count). The van der Waals surface area contributed by atoms with Gasteiger partial charge in [-0.15, -0.1) is 18.0 Å². The maximum absolute atomic E-state index is 14.5. The van der Waals surface area contributed by atoms with E-state index in [9.17, 15) is 61.0 Å². The number of hydrogen-bond donors (Lipinski definition) is 3. The van der Waals surface area contributed by atoms with Gasteiger partial charge < -0.3 is 44.3 Å². The third kappa shape index (κ3) is 21.0. The number of amides is 3. The SMILES string of the molecule is C#CCN1C(=O)COc2cc(F)c(/N=c3\snc4n3CC(C)(C)C4)cc21.CC1COc2ccccc2N1C(=O)C(Cl)Cl.CCc1cccc(C)c1N(C(=O)CCl)C(C)COC.CP(=O)(O)CCC(N)C(=O)O.CS(=O)(=O)c1ccc(C(=O)C2C(=O)CCCC2=O)c([N+](=O)[O-])c1. The quantitative estimate of drug-likeness (QED) is 0.0149. The summed E-state index contributed by atoms with van der Waals surface area (Å²) in [4.78, 5) is 110. The number of sulfone groups is 1. The van der Waals surface area contributed by atoms with E-state index < -0.39 is 79.3 Å². The summed E-state index contributed by atoms with van der Waals surface area (Å²) in [6.45, 7) is 15.1. The normalized spacial score (nSPS) is 16.9. The van der Waals surface area contributed by atoms with Crippen LogP contribution in [0.15, 0.2) is 82.7 Å². The number of hydrogen-bond acceptors (Lipinski definition) is 19. The van der Waals surface area contributed by atoms with E-state index in [0.717, 1.165) is 72.2 Å². The lowest BCUT2D eigenvalue weighted by atomic mass is 9.81. The molecule has 95 heavy (non-hydrogen) atoms. The second kappa shape index (κ2) is 34.5. The fourth-order valence-electron chi connectivity index (χ4n) is 10.3. The van der Waals surface area contributed by atoms with Crippen LogP contribution in [-0.4, -0.2) is 155 Å². The van der Waals surface area contributed by atoms with Crippen LogP contribution < -0.4 is 34.7 Å². The monoisotopic (exact) mass is 1430 g/mol. The van der Waals surface area contributed by atoms with Gasteiger partial charge in [-0.05, 0) is 86.9 Å². The van der Waals surface area contributed by atoms with Crippen molar-refractivity contribution in [3.63, 3.8) is 0 Å². The Morgan fingerprint density at radius 3 is 2.29 bits per heavy atom. The number of alkyl halides is 3. The fourth-order valence-corrected chi connectivity index (χ4v) is 12.8. The number of aliphatic carboxylic acids is 1. The standard InChI is InChI=1S/C18H17FN4O2S.C15H22ClNO2.C14H13NO7S.C11H11Cl2NO2.C5H12NO4P/c1-4-5-22-13-7-12(11(19)6-14(13)25-9-16(22)24)20-17-23-10-18(2,3)8-15(23)21-26-17;1-5-13-8-6-7-11(2)15(13)17(14(18)9-16)12(3)10-19-4;1-23(21,22)8-5-6-9(10(7-8)15(19)20)14(18)13-11(16)3-2-4-12(13)17;1-7-6-16-9-5-3-2-4-8(9)14(7)11(15)10(12)13;1-11(9,10)3-2-4(6)5(7)8/h1,6-7H,5,8-10H2,2-3H3;6-8,12H,5,9-10H2,1-4H3;5-7,13H,2-4H2,1H3;2-5,7,10H,6H2,1H3;4H,2-3,6H2,1H3,(H,7,8)(H,9,10)/b20-17-;;;;. The highest BCUT2D eigenvalue weighted by Crippen LogP contribution is 2.39. The molecule has 3 amide bonds. The van der Waals surface area contributed by atoms with Crippen LogP contribution in [-0.2, 0) is 67.3 Å². The van der Waals surface area contributed by atoms with Gasteiger partial charge in [-0.3, -0.25) is 53.1 Å². The molecule has 4 N–H and O–H groups in total. The van der Waals surface area contributed by atoms with Crippen molar-refractivity contribution in [1.82, 2.24) is 8.94 Å². The van der Waals surface area contributed by atoms with Crippen LogP contribution in [0.1, 0.15) is 87.6 Å². The zero-order valence-corrected chi connectivity index (χ0v) is 58.4. The van der Waals surface area contributed by atoms with Crippen molar-refractivity contribution in [2.24, 2.45) is 22.1 Å². The highest BCUT2D eigenvalue weighted by molar-refractivity contribution is 7.90. The first-order valence-electron chi connectivity index (χ1n) is 29.5. The van der Waals surface area contributed by atoms with Crippen molar-refractivity contribution in [3.05, 3.63) is 116 Å². The van der Waals surface area contributed by atoms with Crippen molar-refractivity contribution in [1.29, 1.82) is 0 Å². The first-order chi connectivity index (χ1) is 44.5. The number of ether oxygens (including phenoxy) is 3. The molecule has 4 unspecified atom stereocenters. The smallest absolute Gasteiger partial charge is 0.320 e. The Morgan fingerprint density at radius 2 is 1.72 bits per heavy atom. The molecule has 25 nitrogen and oxygen atoms in total. The van der Waals surface area contributed by atoms with Crippen molar-refractivity contribution in [2.75, 3.05) is 73.1 Å². The Morgan fingerprint density at radius 1 is 1.05 bits per heavy atom. The summed E-state index contributed by atoms with van der Waals surface area (Å²) in [7, 11) is -5.16. The number of nitrogens with two attached hydrogens (primary N) is 1. The number of carbonyl (C=O) groups is 7. The maximum Gasteiger partial charge on any atom is 0.320 e. The fraction of sp³-hybridized carbons (Fsp3) is 0.444. The van der Waals surface area contributed by atoms with Crippen LogP contribution >= 0.6 is 53.7 Å². The molecule has 0 radical (unpaired) electrons. The Labute approximate surface area is 568 Å². The average Bonchev–Trinajstić information content (AvgIpc) is 1.76. The molecule has 32 heteroatoms. The summed E-state index contributed by atoms with van der Waals surface area (Å²) in [5.41, 5.74) is 8.53. The number of Topliss-reactive ketones (excluding diaryl/α,β-unsaturated/α-hetero) is 3. The van der Waals surface area contributed by atoms with Crippen LogP contribution in [0.25, 0.3) is 0 Å². The maximum atomic E-state index is 14.5. The molecule has 1 aliphatic carbocycles. The van der Waals surface area contributed by atoms with Crippen molar-refractivity contribution in [3.8, 4) is 23.8 Å². The second-order valence-corrected chi connectivity index (χ2v) is 29.9. The van der Waals surface area contributed by atoms with Gasteiger partial charge in [0.25, 0.3) is 17.5 Å². The van der Waals surface area contributed by atoms with Crippen LogP contribution in [0.5, 0.6) is 11.5 Å². The summed E-state index contributed by atoms with van der Waals surface area (Å²) < 4.78 is 70.6. The minimum Gasteiger partial charge on any atom is -0.489 e. The molecule has 4 atom stereocenters. The van der Waals surface area contributed by atoms with E-state index in [0.29, 0.717) is 41.6 Å². The number of aryl methyl sites for hydroxylation is 2. The molecule has 4 aromatic carbocycles. The highest BCUT2D eigenvalue weighted by atomic mass is 35.5. The number of carbonyl (C=O) groups excluding carboxylic acids is 6. The number of ketones is 3. The van der Waals surface area contributed by atoms with Crippen LogP contribution in [0.3, 0.4) is 0 Å². The van der Waals surface area contributed by atoms with Gasteiger partial charge in [0.1, 0.15) is 47.5 Å². The number of benzene rings is 4. The summed E-state index contributed by atoms with van der Waals surface area (Å²) >= 11 is 18.3. The number of nitrogens with zero attached hydrogens (tertiary/aromatic N) is 7. The predicted molar refractivity (Wildman–Crippen MR) is 359 cm³/mol. The summed E-state index contributed by atoms with van der Waals surface area (Å²) in [6, 6.07) is 17.8. The third-order valence-corrected chi connectivity index (χ3v) is 18.4. The Bertz CT molecular complexity index is 3970. The van der Waals surface area contributed by atoms with Crippen LogP contribution in [0, 0.1) is 46.5 Å². The molecule has 0 saturated heterocycles. The summed E-state index contributed by atoms with van der Waals surface area (Å²) in [5.74, 6) is -1.57. The molecule has 0 spiro atoms. The minimum absolute atomic E-state index is 0.0223. The van der Waals surface area contributed by atoms with E-state index >= 15 is 0 Å². The minimum atomic E-state index is -3.70. The zero-order valence-electron chi connectivity index (χ0n) is 53.6. The molecule has 1 fully saturated rings. The molecule has 1 saturated carbocycles. The summed E-state index contributed by atoms with van der Waals surface area (Å²) in [6.07, 6.45) is 8.46. The first-order valence-corrected chi connectivity index (χ1v) is 35.8. The van der Waals surface area contributed by atoms with Crippen LogP contribution in [0.2, 0.25) is 0 Å². The van der Waals surface area contributed by atoms with E-state index in [1.54, 1.807) is 16.9 Å². The molecule has 4 heterocycles. The van der Waals surface area contributed by atoms with Crippen molar-refractivity contribution < 1.29 is 80.1 Å². The molecule has 5 aromatic rings. The molecule has 4 aliphatic rings. The van der Waals surface area contributed by atoms with Crippen molar-refractivity contribution >= 4 is 133 Å². The predicted octanol–water partition coefficient (Wildman–Crippen LogP) is 8.83.